The van der Waals surface area contributed by atoms with Gasteiger partial charge in [-0.15, -0.1) is 0 Å². The van der Waals surface area contributed by atoms with E-state index in [0.717, 1.165) is 0 Å². The Hall–Kier alpha value is -0.617. The maximum atomic E-state index is 2.66. The normalized spacial score (nSPS) is 22.2. The van der Waals surface area contributed by atoms with Crippen molar-refractivity contribution >= 4 is 0 Å². The first-order valence-corrected chi connectivity index (χ1v) is 14.7. The molecule has 2 atom stereocenters. The molecule has 0 N–H and O–H groups in total. The summed E-state index contributed by atoms with van der Waals surface area (Å²) in [5.41, 5.74) is 14.6. The van der Waals surface area contributed by atoms with Gasteiger partial charge in [-0.1, -0.05) is 137 Å². The molecule has 3 aliphatic carbocycles. The molecule has 0 amide bonds. The zero-order valence-electron chi connectivity index (χ0n) is 26.9. The smallest absolute Gasteiger partial charge is 1.00 e. The Bertz CT molecular complexity index is 1260. The molecule has 0 saturated heterocycles. The maximum absolute atomic E-state index is 2.66. The molecule has 0 bridgehead atoms. The number of benzene rings is 2. The van der Waals surface area contributed by atoms with Crippen molar-refractivity contribution in [3.63, 3.8) is 0 Å². The molecule has 0 nitrogen and oxygen atoms in total. The second-order valence-electron chi connectivity index (χ2n) is 15.9. The number of fused-ring (bicyclic) bond motifs is 3. The van der Waals surface area contributed by atoms with E-state index in [9.17, 15) is 0 Å². The molecule has 0 radical (unpaired) electrons. The zero-order valence-corrected chi connectivity index (χ0v) is 30.9. The first kappa shape index (κ1) is 35.6. The molecular formula is C37H50Cl2Zr. The van der Waals surface area contributed by atoms with E-state index in [-0.39, 0.29) is 72.7 Å². The molecule has 5 rings (SSSR count). The van der Waals surface area contributed by atoms with Crippen molar-refractivity contribution in [2.24, 2.45) is 22.7 Å². The topological polar surface area (TPSA) is 0 Å². The third kappa shape index (κ3) is 5.56. The van der Waals surface area contributed by atoms with Gasteiger partial charge >= 0.3 is 26.2 Å². The van der Waals surface area contributed by atoms with E-state index < -0.39 is 0 Å². The third-order valence-electron chi connectivity index (χ3n) is 10.0. The summed E-state index contributed by atoms with van der Waals surface area (Å²) in [6.45, 7) is 28.7. The fourth-order valence-electron chi connectivity index (χ4n) is 7.60. The number of allylic oxidation sites excluding steroid dienone is 4. The predicted molar refractivity (Wildman–Crippen MR) is 161 cm³/mol. The Kier molecular flexibility index (Phi) is 10.2. The van der Waals surface area contributed by atoms with Crippen molar-refractivity contribution in [3.8, 4) is 11.1 Å². The van der Waals surface area contributed by atoms with Crippen molar-refractivity contribution in [1.29, 1.82) is 0 Å². The van der Waals surface area contributed by atoms with Gasteiger partial charge in [-0.3, -0.25) is 0 Å². The summed E-state index contributed by atoms with van der Waals surface area (Å²) in [5, 5.41) is 0. The van der Waals surface area contributed by atoms with Crippen LogP contribution in [-0.2, 0) is 37.0 Å². The number of halogens is 2. The molecule has 2 aromatic rings. The minimum atomic E-state index is 0. The number of hydrogen-bond acceptors (Lipinski definition) is 0. The van der Waals surface area contributed by atoms with Crippen LogP contribution in [0.3, 0.4) is 0 Å². The molecule has 2 unspecified atom stereocenters. The van der Waals surface area contributed by atoms with E-state index in [4.69, 9.17) is 0 Å². The van der Waals surface area contributed by atoms with Crippen LogP contribution in [0.2, 0.25) is 0 Å². The summed E-state index contributed by atoms with van der Waals surface area (Å²) in [6.07, 6.45) is 5.09. The van der Waals surface area contributed by atoms with Gasteiger partial charge in [0.2, 0.25) is 0 Å². The quantitative estimate of drug-likeness (QED) is 0.438. The fourth-order valence-corrected chi connectivity index (χ4v) is 7.60. The van der Waals surface area contributed by atoms with Crippen molar-refractivity contribution in [2.45, 2.75) is 113 Å². The SMILES string of the molecule is CC1CC(C(C)C)(C2c3ccc(C(C)(C)C)cc3-c3cc(C(C)(C)C)ccc32)C2=C1CC(C(C)(C)C)=C2.[Cl-].[Cl-].[Zr+2]. The fraction of sp³-hybridized carbons (Fsp3) is 0.568. The van der Waals surface area contributed by atoms with Crippen molar-refractivity contribution < 1.29 is 51.0 Å². The van der Waals surface area contributed by atoms with Crippen molar-refractivity contribution in [2.75, 3.05) is 0 Å². The molecule has 0 spiro atoms. The van der Waals surface area contributed by atoms with Crippen LogP contribution in [0.25, 0.3) is 11.1 Å². The van der Waals surface area contributed by atoms with Crippen LogP contribution in [0.5, 0.6) is 0 Å². The monoisotopic (exact) mass is 654 g/mol. The van der Waals surface area contributed by atoms with Gasteiger partial charge in [0.25, 0.3) is 0 Å². The molecule has 0 aliphatic heterocycles. The molecule has 0 heterocycles. The minimum absolute atomic E-state index is 0. The van der Waals surface area contributed by atoms with E-state index >= 15 is 0 Å². The Labute approximate surface area is 277 Å². The Morgan fingerprint density at radius 1 is 0.725 bits per heavy atom. The molecular weight excluding hydrogens is 607 g/mol. The van der Waals surface area contributed by atoms with Crippen molar-refractivity contribution in [3.05, 3.63) is 81.4 Å². The second kappa shape index (κ2) is 11.5. The van der Waals surface area contributed by atoms with E-state index in [2.05, 4.69) is 126 Å². The van der Waals surface area contributed by atoms with Gasteiger partial charge in [0, 0.05) is 11.3 Å². The first-order chi connectivity index (χ1) is 17.0. The van der Waals surface area contributed by atoms with Gasteiger partial charge < -0.3 is 24.8 Å². The van der Waals surface area contributed by atoms with E-state index in [1.807, 2.05) is 0 Å². The maximum Gasteiger partial charge on any atom is 2.00 e. The number of hydrogen-bond donors (Lipinski definition) is 0. The van der Waals surface area contributed by atoms with Gasteiger partial charge in [-0.2, -0.15) is 0 Å². The average molecular weight is 657 g/mol. The zero-order chi connectivity index (χ0) is 27.3. The van der Waals surface area contributed by atoms with Crippen LogP contribution in [-0.4, -0.2) is 0 Å². The summed E-state index contributed by atoms with van der Waals surface area (Å²) in [7, 11) is 0. The summed E-state index contributed by atoms with van der Waals surface area (Å²) < 4.78 is 0. The van der Waals surface area contributed by atoms with Crippen LogP contribution >= 0.6 is 0 Å². The third-order valence-corrected chi connectivity index (χ3v) is 10.0. The molecule has 3 heteroatoms. The van der Waals surface area contributed by atoms with Crippen molar-refractivity contribution in [1.82, 2.24) is 0 Å². The Morgan fingerprint density at radius 3 is 1.55 bits per heavy atom. The van der Waals surface area contributed by atoms with Gasteiger partial charge in [-0.05, 0) is 79.9 Å². The molecule has 0 saturated carbocycles. The average Bonchev–Trinajstić information content (AvgIpc) is 3.42. The van der Waals surface area contributed by atoms with Gasteiger partial charge in [-0.25, -0.2) is 0 Å². The van der Waals surface area contributed by atoms with E-state index in [1.54, 1.807) is 27.8 Å². The molecule has 0 aromatic heterocycles. The van der Waals surface area contributed by atoms with Crippen LogP contribution in [0.4, 0.5) is 0 Å². The van der Waals surface area contributed by atoms with Crippen LogP contribution in [0.15, 0.2) is 59.2 Å². The summed E-state index contributed by atoms with van der Waals surface area (Å²) in [6, 6.07) is 14.9. The molecule has 2 aromatic carbocycles. The molecule has 0 fully saturated rings. The van der Waals surface area contributed by atoms with Crippen LogP contribution < -0.4 is 24.8 Å². The van der Waals surface area contributed by atoms with Gasteiger partial charge in [0.1, 0.15) is 0 Å². The van der Waals surface area contributed by atoms with Crippen LogP contribution in [0, 0.1) is 22.7 Å². The van der Waals surface area contributed by atoms with E-state index in [1.165, 1.54) is 35.1 Å². The largest absolute Gasteiger partial charge is 2.00 e. The number of rotatable bonds is 2. The molecule has 40 heavy (non-hydrogen) atoms. The standard InChI is InChI=1S/C37H50.2ClH.Zr/c1-22(2)37(21-23(3)29-19-26(20-32(29)37)36(10,11)12)33-27-15-13-24(34(4,5)6)17-30(27)31-18-25(35(7,8)9)14-16-28(31)33;;;/h13-18,20,22-23,33H,19,21H2,1-12H3;2*1H;/q;;;+2/p-2. The molecule has 216 valence electrons. The van der Waals surface area contributed by atoms with Crippen LogP contribution in [0.1, 0.15) is 124 Å². The Morgan fingerprint density at radius 2 is 1.18 bits per heavy atom. The first-order valence-electron chi connectivity index (χ1n) is 14.7. The van der Waals surface area contributed by atoms with Gasteiger partial charge in [0.15, 0.2) is 0 Å². The molecule has 3 aliphatic rings. The second-order valence-corrected chi connectivity index (χ2v) is 15.9. The minimum Gasteiger partial charge on any atom is -1.00 e. The van der Waals surface area contributed by atoms with Gasteiger partial charge in [0.05, 0.1) is 0 Å². The Balaban J connectivity index is 0.00000187. The summed E-state index contributed by atoms with van der Waals surface area (Å²) >= 11 is 0. The summed E-state index contributed by atoms with van der Waals surface area (Å²) in [5.74, 6) is 1.61. The van der Waals surface area contributed by atoms with E-state index in [0.29, 0.717) is 17.8 Å². The predicted octanol–water partition coefficient (Wildman–Crippen LogP) is 4.75. The summed E-state index contributed by atoms with van der Waals surface area (Å²) in [4.78, 5) is 0.